The highest BCUT2D eigenvalue weighted by Gasteiger charge is 2.15. The van der Waals surface area contributed by atoms with Gasteiger partial charge in [-0.1, -0.05) is 36.4 Å². The summed E-state index contributed by atoms with van der Waals surface area (Å²) in [5, 5.41) is 12.8. The van der Waals surface area contributed by atoms with Gasteiger partial charge < -0.3 is 5.32 Å². The van der Waals surface area contributed by atoms with Crippen LogP contribution in [0.3, 0.4) is 0 Å². The van der Waals surface area contributed by atoms with Crippen LogP contribution in [-0.2, 0) is 17.9 Å². The molecule has 2 aromatic heterocycles. The minimum absolute atomic E-state index is 0.181. The Morgan fingerprint density at radius 3 is 2.47 bits per heavy atom. The van der Waals surface area contributed by atoms with Crippen LogP contribution in [-0.4, -0.2) is 25.5 Å². The van der Waals surface area contributed by atoms with E-state index in [9.17, 15) is 14.0 Å². The lowest BCUT2D eigenvalue weighted by Gasteiger charge is -2.08. The molecule has 3 aromatic carbocycles. The fourth-order valence-corrected chi connectivity index (χ4v) is 3.73. The van der Waals surface area contributed by atoms with Gasteiger partial charge in [0.15, 0.2) is 0 Å². The molecule has 0 atom stereocenters. The van der Waals surface area contributed by atoms with E-state index in [0.29, 0.717) is 11.1 Å². The zero-order chi connectivity index (χ0) is 23.5. The average molecular weight is 453 g/mol. The summed E-state index contributed by atoms with van der Waals surface area (Å²) in [6.07, 6.45) is 3.40. The fourth-order valence-electron chi connectivity index (χ4n) is 3.73. The number of hydrogen-bond donors (Lipinski definition) is 1. The summed E-state index contributed by atoms with van der Waals surface area (Å²) in [7, 11) is 0. The van der Waals surface area contributed by atoms with E-state index in [1.807, 2.05) is 42.6 Å². The number of rotatable bonds is 6. The van der Waals surface area contributed by atoms with Crippen LogP contribution in [0.5, 0.6) is 0 Å². The largest absolute Gasteiger partial charge is 0.350 e. The molecule has 0 unspecified atom stereocenters. The van der Waals surface area contributed by atoms with Crippen molar-refractivity contribution in [1.82, 2.24) is 24.9 Å². The van der Waals surface area contributed by atoms with E-state index in [1.165, 1.54) is 12.1 Å². The van der Waals surface area contributed by atoms with Crippen LogP contribution in [0.1, 0.15) is 5.56 Å². The second-order valence-electron chi connectivity index (χ2n) is 7.76. The van der Waals surface area contributed by atoms with E-state index in [0.717, 1.165) is 26.9 Å². The van der Waals surface area contributed by atoms with Gasteiger partial charge in [-0.15, -0.1) is 0 Å². The van der Waals surface area contributed by atoms with Crippen molar-refractivity contribution >= 4 is 16.7 Å². The molecule has 7 nitrogen and oxygen atoms in total. The maximum Gasteiger partial charge on any atom is 0.275 e. The molecular formula is C26H20FN5O2. The van der Waals surface area contributed by atoms with Crippen molar-refractivity contribution in [2.24, 2.45) is 0 Å². The summed E-state index contributed by atoms with van der Waals surface area (Å²) in [6.45, 7) is -0.0247. The molecule has 0 spiro atoms. The Morgan fingerprint density at radius 1 is 0.941 bits per heavy atom. The van der Waals surface area contributed by atoms with E-state index in [2.05, 4.69) is 15.5 Å². The lowest BCUT2D eigenvalue weighted by atomic mass is 10.1. The zero-order valence-corrected chi connectivity index (χ0v) is 18.1. The van der Waals surface area contributed by atoms with Crippen LogP contribution < -0.4 is 10.9 Å². The standard InChI is InChI=1S/C26H20FN5O2/c27-21-12-10-18(11-13-21)25-20(16-31(30-25)22-7-2-1-3-8-22)14-28-24(33)17-32-26(34)23-9-5-4-6-19(23)15-29-32/h1-13,15-16H,14,17H2,(H,28,33). The van der Waals surface area contributed by atoms with E-state index in [1.54, 1.807) is 41.2 Å². The third-order valence-corrected chi connectivity index (χ3v) is 5.46. The van der Waals surface area contributed by atoms with Crippen molar-refractivity contribution in [3.8, 4) is 16.9 Å². The van der Waals surface area contributed by atoms with Crippen molar-refractivity contribution in [1.29, 1.82) is 0 Å². The number of halogens is 1. The average Bonchev–Trinajstić information content (AvgIpc) is 3.30. The zero-order valence-electron chi connectivity index (χ0n) is 18.1. The minimum atomic E-state index is -0.359. The first-order valence-electron chi connectivity index (χ1n) is 10.7. The predicted octanol–water partition coefficient (Wildman–Crippen LogP) is 3.70. The molecule has 168 valence electrons. The molecule has 1 amide bonds. The van der Waals surface area contributed by atoms with Crippen molar-refractivity contribution in [2.75, 3.05) is 0 Å². The van der Waals surface area contributed by atoms with E-state index >= 15 is 0 Å². The van der Waals surface area contributed by atoms with E-state index in [-0.39, 0.29) is 30.4 Å². The molecule has 0 radical (unpaired) electrons. The second kappa shape index (κ2) is 9.11. The predicted molar refractivity (Wildman–Crippen MR) is 127 cm³/mol. The molecule has 0 aliphatic carbocycles. The number of nitrogens with one attached hydrogen (secondary N) is 1. The Labute approximate surface area is 194 Å². The lowest BCUT2D eigenvalue weighted by Crippen LogP contribution is -2.33. The Morgan fingerprint density at radius 2 is 1.68 bits per heavy atom. The van der Waals surface area contributed by atoms with Crippen molar-refractivity contribution in [3.63, 3.8) is 0 Å². The first-order valence-corrected chi connectivity index (χ1v) is 10.7. The van der Waals surface area contributed by atoms with Crippen molar-refractivity contribution in [3.05, 3.63) is 113 Å². The number of amides is 1. The monoisotopic (exact) mass is 453 g/mol. The van der Waals surface area contributed by atoms with Crippen LogP contribution in [0.15, 0.2) is 96.1 Å². The Kier molecular flexibility index (Phi) is 5.70. The topological polar surface area (TPSA) is 81.8 Å². The summed E-state index contributed by atoms with van der Waals surface area (Å²) in [5.74, 6) is -0.697. The molecule has 0 fully saturated rings. The first kappa shape index (κ1) is 21.3. The van der Waals surface area contributed by atoms with Crippen LogP contribution in [0, 0.1) is 5.82 Å². The maximum atomic E-state index is 13.4. The third kappa shape index (κ3) is 4.33. The molecule has 0 saturated carbocycles. The van der Waals surface area contributed by atoms with Gasteiger partial charge in [-0.05, 0) is 42.5 Å². The Bertz CT molecular complexity index is 1520. The summed E-state index contributed by atoms with van der Waals surface area (Å²) >= 11 is 0. The molecular weight excluding hydrogens is 433 g/mol. The Hall–Kier alpha value is -4.59. The lowest BCUT2D eigenvalue weighted by molar-refractivity contribution is -0.122. The number of carbonyl (C=O) groups is 1. The van der Waals surface area contributed by atoms with Gasteiger partial charge in [-0.25, -0.2) is 13.8 Å². The molecule has 0 aliphatic rings. The van der Waals surface area contributed by atoms with Crippen LogP contribution in [0.2, 0.25) is 0 Å². The second-order valence-corrected chi connectivity index (χ2v) is 7.76. The van der Waals surface area contributed by atoms with Gasteiger partial charge in [-0.2, -0.15) is 10.2 Å². The first-order chi connectivity index (χ1) is 16.6. The van der Waals surface area contributed by atoms with Gasteiger partial charge >= 0.3 is 0 Å². The van der Waals surface area contributed by atoms with Crippen LogP contribution in [0.25, 0.3) is 27.7 Å². The van der Waals surface area contributed by atoms with Gasteiger partial charge in [0.25, 0.3) is 5.56 Å². The summed E-state index contributed by atoms with van der Waals surface area (Å²) in [5.41, 5.74) is 2.65. The number of benzene rings is 3. The van der Waals surface area contributed by atoms with Gasteiger partial charge in [0, 0.05) is 29.3 Å². The SMILES string of the molecule is O=C(Cn1ncc2ccccc2c1=O)NCc1cn(-c2ccccc2)nc1-c1ccc(F)cc1. The van der Waals surface area contributed by atoms with Gasteiger partial charge in [0.05, 0.1) is 23.0 Å². The molecule has 2 heterocycles. The van der Waals surface area contributed by atoms with Crippen molar-refractivity contribution < 1.29 is 9.18 Å². The van der Waals surface area contributed by atoms with E-state index in [4.69, 9.17) is 0 Å². The Balaban J connectivity index is 1.39. The van der Waals surface area contributed by atoms with Gasteiger partial charge in [0.2, 0.25) is 5.91 Å². The highest BCUT2D eigenvalue weighted by Crippen LogP contribution is 2.24. The number of nitrogens with zero attached hydrogens (tertiary/aromatic N) is 4. The van der Waals surface area contributed by atoms with Gasteiger partial charge in [0.1, 0.15) is 12.4 Å². The molecule has 8 heteroatoms. The summed E-state index contributed by atoms with van der Waals surface area (Å²) in [4.78, 5) is 25.3. The maximum absolute atomic E-state index is 13.4. The highest BCUT2D eigenvalue weighted by atomic mass is 19.1. The van der Waals surface area contributed by atoms with E-state index < -0.39 is 0 Å². The molecule has 5 aromatic rings. The number of aromatic nitrogens is 4. The number of para-hydroxylation sites is 1. The third-order valence-electron chi connectivity index (χ3n) is 5.46. The molecule has 1 N–H and O–H groups in total. The highest BCUT2D eigenvalue weighted by molar-refractivity contribution is 5.81. The summed E-state index contributed by atoms with van der Waals surface area (Å²) in [6, 6.07) is 22.7. The molecule has 5 rings (SSSR count). The smallest absolute Gasteiger partial charge is 0.275 e. The summed E-state index contributed by atoms with van der Waals surface area (Å²) < 4.78 is 16.3. The van der Waals surface area contributed by atoms with Crippen molar-refractivity contribution in [2.45, 2.75) is 13.1 Å². The van der Waals surface area contributed by atoms with Crippen LogP contribution in [0.4, 0.5) is 4.39 Å². The number of hydrogen-bond acceptors (Lipinski definition) is 4. The van der Waals surface area contributed by atoms with Gasteiger partial charge in [-0.3, -0.25) is 9.59 Å². The number of carbonyl (C=O) groups excluding carboxylic acids is 1. The van der Waals surface area contributed by atoms with Crippen LogP contribution >= 0.6 is 0 Å². The molecule has 0 saturated heterocycles. The fraction of sp³-hybridized carbons (Fsp3) is 0.0769. The normalized spacial score (nSPS) is 11.0. The molecule has 0 aliphatic heterocycles. The quantitative estimate of drug-likeness (QED) is 0.425. The molecule has 0 bridgehead atoms. The number of fused-ring (bicyclic) bond motifs is 1. The minimum Gasteiger partial charge on any atom is -0.350 e. The molecule has 34 heavy (non-hydrogen) atoms.